The lowest BCUT2D eigenvalue weighted by Crippen LogP contribution is -2.28. The highest BCUT2D eigenvalue weighted by Crippen LogP contribution is 2.32. The Bertz CT molecular complexity index is 563. The number of thioether (sulfide) groups is 1. The van der Waals surface area contributed by atoms with Crippen LogP contribution in [0.3, 0.4) is 0 Å². The second-order valence-electron chi connectivity index (χ2n) is 4.31. The first-order chi connectivity index (χ1) is 9.02. The molecule has 1 heterocycles. The van der Waals surface area contributed by atoms with Gasteiger partial charge in [-0.3, -0.25) is 4.79 Å². The van der Waals surface area contributed by atoms with E-state index in [9.17, 15) is 4.79 Å². The molecule has 0 aromatic heterocycles. The molecule has 0 radical (unpaired) electrons. The maximum absolute atomic E-state index is 11.9. The van der Waals surface area contributed by atoms with E-state index in [4.69, 9.17) is 11.6 Å². The van der Waals surface area contributed by atoms with Crippen LogP contribution in [-0.4, -0.2) is 17.2 Å². The smallest absolute Gasteiger partial charge is 0.161 e. The molecule has 0 aliphatic carbocycles. The van der Waals surface area contributed by atoms with Gasteiger partial charge in [-0.25, -0.2) is 4.99 Å². The Balaban J connectivity index is 2.48. The first-order valence-electron chi connectivity index (χ1n) is 5.89. The lowest BCUT2D eigenvalue weighted by atomic mass is 9.94. The van der Waals surface area contributed by atoms with Crippen molar-refractivity contribution in [3.05, 3.63) is 46.1 Å². The van der Waals surface area contributed by atoms with Gasteiger partial charge >= 0.3 is 0 Å². The number of hydrogen-bond acceptors (Lipinski definition) is 4. The van der Waals surface area contributed by atoms with Gasteiger partial charge in [0.2, 0.25) is 0 Å². The average molecular weight is 295 g/mol. The number of ketones is 1. The normalized spacial score (nSPS) is 18.9. The molecule has 1 atom stereocenters. The van der Waals surface area contributed by atoms with Gasteiger partial charge in [-0.2, -0.15) is 0 Å². The molecule has 1 aliphatic rings. The molecule has 1 aromatic carbocycles. The minimum atomic E-state index is -0.251. The van der Waals surface area contributed by atoms with Crippen molar-refractivity contribution in [3.63, 3.8) is 0 Å². The number of halogens is 1. The first-order valence-corrected chi connectivity index (χ1v) is 7.49. The van der Waals surface area contributed by atoms with Crippen molar-refractivity contribution in [1.29, 1.82) is 0 Å². The lowest BCUT2D eigenvalue weighted by molar-refractivity contribution is -0.113. The van der Waals surface area contributed by atoms with Crippen molar-refractivity contribution < 1.29 is 4.79 Å². The van der Waals surface area contributed by atoms with Gasteiger partial charge in [-0.1, -0.05) is 35.5 Å². The number of Topliss-reactive ketones (excluding diaryl/α,β-unsaturated/α-hetero) is 1. The van der Waals surface area contributed by atoms with Crippen LogP contribution in [0.25, 0.3) is 0 Å². The van der Waals surface area contributed by atoms with Crippen LogP contribution in [0.2, 0.25) is 5.02 Å². The van der Waals surface area contributed by atoms with E-state index in [1.807, 2.05) is 37.4 Å². The van der Waals surface area contributed by atoms with E-state index < -0.39 is 0 Å². The molecule has 0 saturated heterocycles. The SMILES string of the molecule is CSC1=NC(c2ccc(Cl)cc2)C(C(C)=O)=C(C)N1. The van der Waals surface area contributed by atoms with Crippen LogP contribution < -0.4 is 5.32 Å². The van der Waals surface area contributed by atoms with E-state index in [0.717, 1.165) is 16.4 Å². The summed E-state index contributed by atoms with van der Waals surface area (Å²) in [7, 11) is 0. The third kappa shape index (κ3) is 3.01. The van der Waals surface area contributed by atoms with Crippen LogP contribution in [0.4, 0.5) is 0 Å². The minimum Gasteiger partial charge on any atom is -0.338 e. The third-order valence-electron chi connectivity index (χ3n) is 2.98. The fraction of sp³-hybridized carbons (Fsp3) is 0.286. The molecule has 0 spiro atoms. The predicted molar refractivity (Wildman–Crippen MR) is 81.7 cm³/mol. The van der Waals surface area contributed by atoms with Crippen molar-refractivity contribution in [3.8, 4) is 0 Å². The van der Waals surface area contributed by atoms with Crippen LogP contribution >= 0.6 is 23.4 Å². The zero-order chi connectivity index (χ0) is 14.0. The second-order valence-corrected chi connectivity index (χ2v) is 5.54. The van der Waals surface area contributed by atoms with Gasteiger partial charge < -0.3 is 5.32 Å². The number of rotatable bonds is 2. The molecule has 0 amide bonds. The molecule has 1 unspecified atom stereocenters. The number of nitrogens with zero attached hydrogens (tertiary/aromatic N) is 1. The summed E-state index contributed by atoms with van der Waals surface area (Å²) in [4.78, 5) is 16.5. The molecule has 1 aromatic rings. The summed E-state index contributed by atoms with van der Waals surface area (Å²) in [6, 6.07) is 7.21. The van der Waals surface area contributed by atoms with E-state index in [1.165, 1.54) is 11.8 Å². The quantitative estimate of drug-likeness (QED) is 0.906. The topological polar surface area (TPSA) is 41.5 Å². The Morgan fingerprint density at radius 2 is 2.00 bits per heavy atom. The number of allylic oxidation sites excluding steroid dienone is 1. The molecule has 1 aliphatic heterocycles. The lowest BCUT2D eigenvalue weighted by Gasteiger charge is -2.25. The summed E-state index contributed by atoms with van der Waals surface area (Å²) >= 11 is 7.44. The number of hydrogen-bond donors (Lipinski definition) is 1. The third-order valence-corrected chi connectivity index (χ3v) is 3.82. The van der Waals surface area contributed by atoms with Gasteiger partial charge in [0.15, 0.2) is 11.0 Å². The van der Waals surface area contributed by atoms with E-state index in [-0.39, 0.29) is 11.8 Å². The van der Waals surface area contributed by atoms with Gasteiger partial charge in [0.05, 0.1) is 0 Å². The van der Waals surface area contributed by atoms with E-state index >= 15 is 0 Å². The Labute approximate surface area is 122 Å². The number of amidine groups is 1. The Morgan fingerprint density at radius 3 is 2.53 bits per heavy atom. The van der Waals surface area contributed by atoms with Gasteiger partial charge in [0.25, 0.3) is 0 Å². The number of carbonyl (C=O) groups is 1. The van der Waals surface area contributed by atoms with Gasteiger partial charge in [-0.15, -0.1) is 0 Å². The van der Waals surface area contributed by atoms with Crippen molar-refractivity contribution >= 4 is 34.3 Å². The first kappa shape index (κ1) is 14.2. The molecular weight excluding hydrogens is 280 g/mol. The highest BCUT2D eigenvalue weighted by atomic mass is 35.5. The van der Waals surface area contributed by atoms with E-state index in [0.29, 0.717) is 10.6 Å². The average Bonchev–Trinajstić information content (AvgIpc) is 2.38. The van der Waals surface area contributed by atoms with Crippen LogP contribution in [-0.2, 0) is 4.79 Å². The number of benzene rings is 1. The van der Waals surface area contributed by atoms with Crippen molar-refractivity contribution in [2.45, 2.75) is 19.9 Å². The summed E-state index contributed by atoms with van der Waals surface area (Å²) in [5, 5.41) is 4.65. The van der Waals surface area contributed by atoms with Crippen molar-refractivity contribution in [1.82, 2.24) is 5.32 Å². The summed E-state index contributed by atoms with van der Waals surface area (Å²) in [5.41, 5.74) is 2.55. The zero-order valence-corrected chi connectivity index (χ0v) is 12.6. The molecule has 0 fully saturated rings. The second kappa shape index (κ2) is 5.80. The fourth-order valence-corrected chi connectivity index (χ4v) is 2.69. The van der Waals surface area contributed by atoms with Crippen molar-refractivity contribution in [2.75, 3.05) is 6.26 Å². The molecule has 0 saturated carbocycles. The number of aliphatic imine (C=N–C) groups is 1. The van der Waals surface area contributed by atoms with Gasteiger partial charge in [-0.05, 0) is 37.8 Å². The largest absolute Gasteiger partial charge is 0.338 e. The maximum Gasteiger partial charge on any atom is 0.161 e. The molecule has 3 nitrogen and oxygen atoms in total. The Kier molecular flexibility index (Phi) is 4.32. The Morgan fingerprint density at radius 1 is 1.37 bits per heavy atom. The molecule has 0 bridgehead atoms. The monoisotopic (exact) mass is 294 g/mol. The molecule has 5 heteroatoms. The standard InChI is InChI=1S/C14H15ClN2OS/c1-8-12(9(2)18)13(17-14(16-8)19-3)10-4-6-11(15)7-5-10/h4-7,13H,1-3H3,(H,16,17). The maximum atomic E-state index is 11.9. The molecular formula is C14H15ClN2OS. The van der Waals surface area contributed by atoms with Crippen LogP contribution in [0.1, 0.15) is 25.5 Å². The Hall–Kier alpha value is -1.26. The number of nitrogens with one attached hydrogen (secondary N) is 1. The highest BCUT2D eigenvalue weighted by Gasteiger charge is 2.26. The summed E-state index contributed by atoms with van der Waals surface area (Å²) < 4.78 is 0. The molecule has 2 rings (SSSR count). The van der Waals surface area contributed by atoms with Gasteiger partial charge in [0.1, 0.15) is 6.04 Å². The summed E-state index contributed by atoms with van der Waals surface area (Å²) in [6.45, 7) is 3.48. The zero-order valence-electron chi connectivity index (χ0n) is 11.0. The highest BCUT2D eigenvalue weighted by molar-refractivity contribution is 8.13. The summed E-state index contributed by atoms with van der Waals surface area (Å²) in [5.74, 6) is 0.0360. The van der Waals surface area contributed by atoms with Crippen LogP contribution in [0.15, 0.2) is 40.5 Å². The van der Waals surface area contributed by atoms with Crippen molar-refractivity contribution in [2.24, 2.45) is 4.99 Å². The molecule has 1 N–H and O–H groups in total. The summed E-state index contributed by atoms with van der Waals surface area (Å²) in [6.07, 6.45) is 1.96. The van der Waals surface area contributed by atoms with Crippen LogP contribution in [0, 0.1) is 0 Å². The number of carbonyl (C=O) groups excluding carboxylic acids is 1. The van der Waals surface area contributed by atoms with Gasteiger partial charge in [0, 0.05) is 16.3 Å². The van der Waals surface area contributed by atoms with E-state index in [2.05, 4.69) is 10.3 Å². The molecule has 19 heavy (non-hydrogen) atoms. The minimum absolute atomic E-state index is 0.0360. The van der Waals surface area contributed by atoms with E-state index in [1.54, 1.807) is 6.92 Å². The molecule has 100 valence electrons. The fourth-order valence-electron chi connectivity index (χ4n) is 2.09. The predicted octanol–water partition coefficient (Wildman–Crippen LogP) is 3.57. The van der Waals surface area contributed by atoms with Crippen LogP contribution in [0.5, 0.6) is 0 Å².